The quantitative estimate of drug-likeness (QED) is 0.512. The Morgan fingerprint density at radius 1 is 1.13 bits per heavy atom. The Labute approximate surface area is 177 Å². The van der Waals surface area contributed by atoms with Gasteiger partial charge < -0.3 is 10.1 Å². The summed E-state index contributed by atoms with van der Waals surface area (Å²) in [5.41, 5.74) is 2.70. The van der Waals surface area contributed by atoms with E-state index in [1.54, 1.807) is 36.4 Å². The average Bonchev–Trinajstić information content (AvgIpc) is 3.18. The first-order valence-corrected chi connectivity index (χ1v) is 10.3. The molecular formula is C22H20N4O3S. The topological polar surface area (TPSA) is 85.6 Å². The number of hydrogen-bond donors (Lipinski definition) is 1. The molecule has 0 fully saturated rings. The molecule has 0 radical (unpaired) electrons. The van der Waals surface area contributed by atoms with E-state index < -0.39 is 0 Å². The Balaban J connectivity index is 1.40. The van der Waals surface area contributed by atoms with Gasteiger partial charge >= 0.3 is 0 Å². The van der Waals surface area contributed by atoms with Crippen molar-refractivity contribution in [3.8, 4) is 5.75 Å². The van der Waals surface area contributed by atoms with Crippen LogP contribution in [0.3, 0.4) is 0 Å². The molecule has 4 aromatic rings. The number of carbonyl (C=O) groups excluding carboxylic acids is 1. The number of benzene rings is 2. The van der Waals surface area contributed by atoms with Crippen molar-refractivity contribution in [2.24, 2.45) is 0 Å². The van der Waals surface area contributed by atoms with Gasteiger partial charge in [0.05, 0.1) is 5.69 Å². The van der Waals surface area contributed by atoms with Gasteiger partial charge in [-0.05, 0) is 49.7 Å². The third-order valence-electron chi connectivity index (χ3n) is 4.46. The molecule has 0 unspecified atom stereocenters. The molecule has 0 spiro atoms. The van der Waals surface area contributed by atoms with Crippen molar-refractivity contribution >= 4 is 27.9 Å². The minimum absolute atomic E-state index is 0.167. The zero-order valence-corrected chi connectivity index (χ0v) is 17.4. The largest absolute Gasteiger partial charge is 0.487 e. The van der Waals surface area contributed by atoms with Gasteiger partial charge in [0.15, 0.2) is 0 Å². The van der Waals surface area contributed by atoms with Gasteiger partial charge in [0.2, 0.25) is 4.96 Å². The number of hydrogen-bond acceptors (Lipinski definition) is 6. The fraction of sp³-hybridized carbons (Fsp3) is 0.182. The van der Waals surface area contributed by atoms with Crippen LogP contribution in [0.1, 0.15) is 33.5 Å². The first-order chi connectivity index (χ1) is 14.5. The summed E-state index contributed by atoms with van der Waals surface area (Å²) in [5.74, 6) is 0.446. The fourth-order valence-electron chi connectivity index (χ4n) is 2.81. The van der Waals surface area contributed by atoms with Crippen LogP contribution in [0, 0.1) is 6.92 Å². The lowest BCUT2D eigenvalue weighted by Gasteiger charge is -2.08. The average molecular weight is 420 g/mol. The van der Waals surface area contributed by atoms with Crippen molar-refractivity contribution in [3.63, 3.8) is 0 Å². The van der Waals surface area contributed by atoms with Crippen LogP contribution < -0.4 is 15.6 Å². The number of nitrogens with one attached hydrogen (secondary N) is 1. The summed E-state index contributed by atoms with van der Waals surface area (Å²) >= 11 is 1.40. The van der Waals surface area contributed by atoms with E-state index in [0.717, 1.165) is 17.0 Å². The van der Waals surface area contributed by atoms with Crippen LogP contribution in [-0.4, -0.2) is 20.5 Å². The third-order valence-corrected chi connectivity index (χ3v) is 5.51. The molecule has 8 heteroatoms. The highest BCUT2D eigenvalue weighted by molar-refractivity contribution is 7.16. The van der Waals surface area contributed by atoms with E-state index in [1.807, 2.05) is 26.0 Å². The SMILES string of the molecule is CCc1nn2c(=O)cc(COc3ccc(NC(=O)c4ccc(C)cc4)cc3)nc2s1. The Bertz CT molecular complexity index is 1240. The third kappa shape index (κ3) is 4.38. The molecular weight excluding hydrogens is 400 g/mol. The van der Waals surface area contributed by atoms with Gasteiger partial charge in [0.1, 0.15) is 17.4 Å². The minimum Gasteiger partial charge on any atom is -0.487 e. The van der Waals surface area contributed by atoms with Crippen molar-refractivity contribution < 1.29 is 9.53 Å². The molecule has 1 amide bonds. The van der Waals surface area contributed by atoms with E-state index in [4.69, 9.17) is 4.74 Å². The van der Waals surface area contributed by atoms with Crippen LogP contribution >= 0.6 is 11.3 Å². The lowest BCUT2D eigenvalue weighted by Crippen LogP contribution is -2.16. The zero-order chi connectivity index (χ0) is 21.1. The molecule has 2 aromatic heterocycles. The monoisotopic (exact) mass is 420 g/mol. The Morgan fingerprint density at radius 3 is 2.57 bits per heavy atom. The molecule has 0 saturated heterocycles. The number of anilines is 1. The van der Waals surface area contributed by atoms with Crippen molar-refractivity contribution in [3.05, 3.63) is 86.8 Å². The smallest absolute Gasteiger partial charge is 0.275 e. The van der Waals surface area contributed by atoms with E-state index in [-0.39, 0.29) is 18.1 Å². The number of fused-ring (bicyclic) bond motifs is 1. The number of rotatable bonds is 6. The van der Waals surface area contributed by atoms with Crippen molar-refractivity contribution in [2.45, 2.75) is 26.9 Å². The van der Waals surface area contributed by atoms with E-state index in [0.29, 0.717) is 27.7 Å². The van der Waals surface area contributed by atoms with Gasteiger partial charge in [-0.2, -0.15) is 9.61 Å². The molecule has 152 valence electrons. The first kappa shape index (κ1) is 19.8. The maximum absolute atomic E-state index is 12.3. The summed E-state index contributed by atoms with van der Waals surface area (Å²) in [4.78, 5) is 29.5. The van der Waals surface area contributed by atoms with Crippen molar-refractivity contribution in [1.29, 1.82) is 0 Å². The van der Waals surface area contributed by atoms with Crippen LogP contribution in [0.25, 0.3) is 4.96 Å². The summed E-state index contributed by atoms with van der Waals surface area (Å²) in [5, 5.41) is 7.95. The van der Waals surface area contributed by atoms with Crippen LogP contribution in [-0.2, 0) is 13.0 Å². The minimum atomic E-state index is -0.219. The molecule has 0 aliphatic heterocycles. The lowest BCUT2D eigenvalue weighted by molar-refractivity contribution is 0.102. The van der Waals surface area contributed by atoms with Gasteiger partial charge in [-0.15, -0.1) is 0 Å². The Morgan fingerprint density at radius 2 is 1.87 bits per heavy atom. The second kappa shape index (κ2) is 8.46. The lowest BCUT2D eigenvalue weighted by atomic mass is 10.1. The molecule has 7 nitrogen and oxygen atoms in total. The molecule has 4 rings (SSSR count). The van der Waals surface area contributed by atoms with Gasteiger partial charge in [0, 0.05) is 17.3 Å². The summed E-state index contributed by atoms with van der Waals surface area (Å²) in [6, 6.07) is 15.9. The highest BCUT2D eigenvalue weighted by Gasteiger charge is 2.09. The molecule has 30 heavy (non-hydrogen) atoms. The van der Waals surface area contributed by atoms with Gasteiger partial charge in [-0.1, -0.05) is 36.0 Å². The fourth-order valence-corrected chi connectivity index (χ4v) is 3.67. The Hall–Kier alpha value is -3.52. The van der Waals surface area contributed by atoms with Gasteiger partial charge in [-0.3, -0.25) is 9.59 Å². The predicted octanol–water partition coefficient (Wildman–Crippen LogP) is 3.85. The summed E-state index contributed by atoms with van der Waals surface area (Å²) in [6.07, 6.45) is 0.756. The van der Waals surface area contributed by atoms with Crippen molar-refractivity contribution in [1.82, 2.24) is 14.6 Å². The zero-order valence-electron chi connectivity index (χ0n) is 16.6. The van der Waals surface area contributed by atoms with Crippen LogP contribution in [0.4, 0.5) is 5.69 Å². The number of ether oxygens (including phenoxy) is 1. The molecule has 0 saturated carbocycles. The molecule has 2 aromatic carbocycles. The highest BCUT2D eigenvalue weighted by atomic mass is 32.1. The maximum atomic E-state index is 12.3. The van der Waals surface area contributed by atoms with E-state index in [9.17, 15) is 9.59 Å². The number of aryl methyl sites for hydroxylation is 2. The molecule has 0 bridgehead atoms. The Kier molecular flexibility index (Phi) is 5.58. The predicted molar refractivity (Wildman–Crippen MR) is 116 cm³/mol. The second-order valence-electron chi connectivity index (χ2n) is 6.76. The van der Waals surface area contributed by atoms with Crippen LogP contribution in [0.5, 0.6) is 5.75 Å². The van der Waals surface area contributed by atoms with E-state index in [1.165, 1.54) is 21.9 Å². The van der Waals surface area contributed by atoms with E-state index >= 15 is 0 Å². The highest BCUT2D eigenvalue weighted by Crippen LogP contribution is 2.18. The number of aromatic nitrogens is 3. The van der Waals surface area contributed by atoms with E-state index in [2.05, 4.69) is 15.4 Å². The standard InChI is InChI=1S/C22H20N4O3S/c1-3-19-25-26-20(27)12-17(24-22(26)30-19)13-29-18-10-8-16(9-11-18)23-21(28)15-6-4-14(2)5-7-15/h4-12H,3,13H2,1-2H3,(H,23,28). The number of nitrogens with zero attached hydrogens (tertiary/aromatic N) is 3. The summed E-state index contributed by atoms with van der Waals surface area (Å²) < 4.78 is 7.07. The normalized spacial score (nSPS) is 10.9. The first-order valence-electron chi connectivity index (χ1n) is 9.51. The van der Waals surface area contributed by atoms with Gasteiger partial charge in [0.25, 0.3) is 11.5 Å². The van der Waals surface area contributed by atoms with Crippen LogP contribution in [0.15, 0.2) is 59.4 Å². The number of amides is 1. The molecule has 1 N–H and O–H groups in total. The maximum Gasteiger partial charge on any atom is 0.275 e. The molecule has 0 aliphatic carbocycles. The van der Waals surface area contributed by atoms with Crippen molar-refractivity contribution in [2.75, 3.05) is 5.32 Å². The summed E-state index contributed by atoms with van der Waals surface area (Å²) in [6.45, 7) is 4.13. The second-order valence-corrected chi connectivity index (χ2v) is 7.80. The molecule has 0 aliphatic rings. The van der Waals surface area contributed by atoms with Gasteiger partial charge in [-0.25, -0.2) is 4.98 Å². The molecule has 0 atom stereocenters. The number of carbonyl (C=O) groups is 1. The summed E-state index contributed by atoms with van der Waals surface area (Å²) in [7, 11) is 0. The molecule has 2 heterocycles. The van der Waals surface area contributed by atoms with Crippen LogP contribution in [0.2, 0.25) is 0 Å².